The number of hydrogen-bond acceptors (Lipinski definition) is 3. The first-order valence-electron chi connectivity index (χ1n) is 7.78. The first-order valence-corrected chi connectivity index (χ1v) is 9.18. The van der Waals surface area contributed by atoms with Crippen molar-refractivity contribution in [1.82, 2.24) is 9.55 Å². The van der Waals surface area contributed by atoms with E-state index < -0.39 is 17.6 Å². The Bertz CT molecular complexity index is 937. The van der Waals surface area contributed by atoms with Crippen LogP contribution < -0.4 is 5.32 Å². The third kappa shape index (κ3) is 4.01. The van der Waals surface area contributed by atoms with Crippen LogP contribution in [0.1, 0.15) is 11.4 Å². The molecule has 0 bridgehead atoms. The Balaban J connectivity index is 1.83. The molecule has 0 saturated heterocycles. The highest BCUT2D eigenvalue weighted by Crippen LogP contribution is 2.30. The maximum absolute atomic E-state index is 12.8. The van der Waals surface area contributed by atoms with Crippen molar-refractivity contribution in [3.63, 3.8) is 0 Å². The fourth-order valence-electron chi connectivity index (χ4n) is 2.66. The standard InChI is InChI=1S/C18H16F3N3OS/c1-26-11-16-23-14-7-2-3-8-15(14)24(16)10-17(25)22-13-6-4-5-12(9-13)18(19,20)21/h2-9H,10-11H2,1H3,(H,22,25). The number of fused-ring (bicyclic) bond motifs is 1. The van der Waals surface area contributed by atoms with Crippen molar-refractivity contribution in [2.45, 2.75) is 18.5 Å². The lowest BCUT2D eigenvalue weighted by atomic mass is 10.2. The molecule has 0 atom stereocenters. The van der Waals surface area contributed by atoms with Gasteiger partial charge in [-0.2, -0.15) is 24.9 Å². The topological polar surface area (TPSA) is 46.9 Å². The average molecular weight is 379 g/mol. The molecule has 0 unspecified atom stereocenters. The largest absolute Gasteiger partial charge is 0.416 e. The summed E-state index contributed by atoms with van der Waals surface area (Å²) < 4.78 is 40.2. The predicted molar refractivity (Wildman–Crippen MR) is 97.0 cm³/mol. The molecule has 8 heteroatoms. The smallest absolute Gasteiger partial charge is 0.325 e. The summed E-state index contributed by atoms with van der Waals surface area (Å²) >= 11 is 1.58. The molecule has 1 heterocycles. The monoisotopic (exact) mass is 379 g/mol. The Morgan fingerprint density at radius 2 is 1.96 bits per heavy atom. The van der Waals surface area contributed by atoms with Gasteiger partial charge in [0.1, 0.15) is 12.4 Å². The molecule has 1 N–H and O–H groups in total. The minimum Gasteiger partial charge on any atom is -0.325 e. The number of aromatic nitrogens is 2. The van der Waals surface area contributed by atoms with Crippen LogP contribution in [0.2, 0.25) is 0 Å². The summed E-state index contributed by atoms with van der Waals surface area (Å²) in [5, 5.41) is 2.53. The zero-order chi connectivity index (χ0) is 18.7. The highest BCUT2D eigenvalue weighted by atomic mass is 32.2. The zero-order valence-electron chi connectivity index (χ0n) is 13.9. The van der Waals surface area contributed by atoms with Gasteiger partial charge in [0.2, 0.25) is 5.91 Å². The summed E-state index contributed by atoms with van der Waals surface area (Å²) in [5.41, 5.74) is 0.909. The lowest BCUT2D eigenvalue weighted by molar-refractivity contribution is -0.137. The second-order valence-corrected chi connectivity index (χ2v) is 6.53. The molecule has 0 aliphatic rings. The van der Waals surface area contributed by atoms with E-state index >= 15 is 0 Å². The number of nitrogens with zero attached hydrogens (tertiary/aromatic N) is 2. The van der Waals surface area contributed by atoms with Gasteiger partial charge >= 0.3 is 6.18 Å². The molecule has 1 aromatic heterocycles. The number of rotatable bonds is 5. The van der Waals surface area contributed by atoms with Crippen molar-refractivity contribution in [2.75, 3.05) is 11.6 Å². The number of imidazole rings is 1. The van der Waals surface area contributed by atoms with E-state index in [0.29, 0.717) is 5.75 Å². The number of carbonyl (C=O) groups excluding carboxylic acids is 1. The van der Waals surface area contributed by atoms with Gasteiger partial charge in [-0.25, -0.2) is 4.98 Å². The fourth-order valence-corrected chi connectivity index (χ4v) is 3.14. The third-order valence-electron chi connectivity index (χ3n) is 3.78. The molecule has 3 aromatic rings. The van der Waals surface area contributed by atoms with E-state index in [1.165, 1.54) is 12.1 Å². The number of para-hydroxylation sites is 2. The summed E-state index contributed by atoms with van der Waals surface area (Å²) in [6, 6.07) is 12.0. The van der Waals surface area contributed by atoms with Crippen LogP contribution in [0.25, 0.3) is 11.0 Å². The van der Waals surface area contributed by atoms with Gasteiger partial charge in [-0.15, -0.1) is 0 Å². The van der Waals surface area contributed by atoms with Gasteiger partial charge in [0.25, 0.3) is 0 Å². The molecule has 0 aliphatic heterocycles. The van der Waals surface area contributed by atoms with E-state index in [1.54, 1.807) is 16.3 Å². The highest BCUT2D eigenvalue weighted by molar-refractivity contribution is 7.97. The number of benzene rings is 2. The van der Waals surface area contributed by atoms with Crippen molar-refractivity contribution >= 4 is 34.4 Å². The minimum atomic E-state index is -4.45. The van der Waals surface area contributed by atoms with Gasteiger partial charge in [-0.05, 0) is 36.6 Å². The van der Waals surface area contributed by atoms with Crippen LogP contribution in [0.4, 0.5) is 18.9 Å². The fraction of sp³-hybridized carbons (Fsp3) is 0.222. The molecular weight excluding hydrogens is 363 g/mol. The van der Waals surface area contributed by atoms with Crippen LogP contribution in [-0.4, -0.2) is 21.7 Å². The summed E-state index contributed by atoms with van der Waals surface area (Å²) in [5.74, 6) is 0.971. The first-order chi connectivity index (χ1) is 12.4. The number of carbonyl (C=O) groups is 1. The van der Waals surface area contributed by atoms with E-state index in [-0.39, 0.29) is 12.2 Å². The Morgan fingerprint density at radius 3 is 2.69 bits per heavy atom. The highest BCUT2D eigenvalue weighted by Gasteiger charge is 2.30. The van der Waals surface area contributed by atoms with Crippen LogP contribution in [-0.2, 0) is 23.3 Å². The minimum absolute atomic E-state index is 0.0212. The van der Waals surface area contributed by atoms with Crippen LogP contribution in [0.15, 0.2) is 48.5 Å². The van der Waals surface area contributed by atoms with Crippen LogP contribution in [0.5, 0.6) is 0 Å². The van der Waals surface area contributed by atoms with E-state index in [0.717, 1.165) is 29.0 Å². The number of hydrogen-bond donors (Lipinski definition) is 1. The number of alkyl halides is 3. The SMILES string of the molecule is CSCc1nc2ccccc2n1CC(=O)Nc1cccc(C(F)(F)F)c1. The van der Waals surface area contributed by atoms with Crippen molar-refractivity contribution < 1.29 is 18.0 Å². The van der Waals surface area contributed by atoms with Crippen molar-refractivity contribution in [3.05, 3.63) is 59.9 Å². The quantitative estimate of drug-likeness (QED) is 0.707. The normalized spacial score (nSPS) is 11.7. The molecule has 136 valence electrons. The molecule has 26 heavy (non-hydrogen) atoms. The van der Waals surface area contributed by atoms with E-state index in [9.17, 15) is 18.0 Å². The van der Waals surface area contributed by atoms with E-state index in [4.69, 9.17) is 0 Å². The second kappa shape index (κ2) is 7.41. The average Bonchev–Trinajstić information content (AvgIpc) is 2.92. The molecule has 0 spiro atoms. The number of halogens is 3. The van der Waals surface area contributed by atoms with Crippen molar-refractivity contribution in [3.8, 4) is 0 Å². The Hall–Kier alpha value is -2.48. The van der Waals surface area contributed by atoms with Gasteiger partial charge in [-0.1, -0.05) is 18.2 Å². The molecule has 1 amide bonds. The lowest BCUT2D eigenvalue weighted by Crippen LogP contribution is -2.20. The van der Waals surface area contributed by atoms with E-state index in [2.05, 4.69) is 10.3 Å². The number of nitrogens with one attached hydrogen (secondary N) is 1. The molecular formula is C18H16F3N3OS. The van der Waals surface area contributed by atoms with Gasteiger partial charge in [0, 0.05) is 5.69 Å². The van der Waals surface area contributed by atoms with Gasteiger partial charge in [-0.3, -0.25) is 4.79 Å². The first kappa shape index (κ1) is 18.3. The van der Waals surface area contributed by atoms with Crippen LogP contribution >= 0.6 is 11.8 Å². The second-order valence-electron chi connectivity index (χ2n) is 5.66. The third-order valence-corrected chi connectivity index (χ3v) is 4.33. The Morgan fingerprint density at radius 1 is 1.19 bits per heavy atom. The van der Waals surface area contributed by atoms with Crippen molar-refractivity contribution in [2.24, 2.45) is 0 Å². The van der Waals surface area contributed by atoms with Crippen molar-refractivity contribution in [1.29, 1.82) is 0 Å². The maximum atomic E-state index is 12.8. The maximum Gasteiger partial charge on any atom is 0.416 e. The predicted octanol–water partition coefficient (Wildman–Crippen LogP) is 4.56. The Kier molecular flexibility index (Phi) is 5.22. The van der Waals surface area contributed by atoms with E-state index in [1.807, 2.05) is 30.5 Å². The molecule has 3 rings (SSSR count). The number of amides is 1. The van der Waals surface area contributed by atoms with Crippen LogP contribution in [0, 0.1) is 0 Å². The van der Waals surface area contributed by atoms with Gasteiger partial charge in [0.15, 0.2) is 0 Å². The van der Waals surface area contributed by atoms with Gasteiger partial charge < -0.3 is 9.88 Å². The summed E-state index contributed by atoms with van der Waals surface area (Å²) in [6.45, 7) is -0.0212. The molecule has 2 aromatic carbocycles. The summed E-state index contributed by atoms with van der Waals surface area (Å²) in [7, 11) is 0. The molecule has 0 aliphatic carbocycles. The molecule has 0 radical (unpaired) electrons. The zero-order valence-corrected chi connectivity index (χ0v) is 14.7. The molecule has 0 fully saturated rings. The lowest BCUT2D eigenvalue weighted by Gasteiger charge is -2.11. The molecule has 0 saturated carbocycles. The van der Waals surface area contributed by atoms with Gasteiger partial charge in [0.05, 0.1) is 22.3 Å². The Labute approximate surface area is 152 Å². The molecule has 4 nitrogen and oxygen atoms in total. The van der Waals surface area contributed by atoms with Crippen LogP contribution in [0.3, 0.4) is 0 Å². The summed E-state index contributed by atoms with van der Waals surface area (Å²) in [6.07, 6.45) is -2.51. The number of thioether (sulfide) groups is 1. The number of anilines is 1. The summed E-state index contributed by atoms with van der Waals surface area (Å²) in [4.78, 5) is 16.9.